The van der Waals surface area contributed by atoms with E-state index in [0.29, 0.717) is 19.3 Å². The van der Waals surface area contributed by atoms with E-state index in [1.807, 2.05) is 12.2 Å². The Bertz CT molecular complexity index is 391. The number of nitrogens with zero attached hydrogens (tertiary/aromatic N) is 1. The molecule has 0 saturated carbocycles. The number of fused-ring (bicyclic) bond motifs is 1. The Morgan fingerprint density at radius 3 is 2.89 bits per heavy atom. The van der Waals surface area contributed by atoms with Gasteiger partial charge in [0.2, 0.25) is 0 Å². The first kappa shape index (κ1) is 12.5. The summed E-state index contributed by atoms with van der Waals surface area (Å²) in [4.78, 5) is 4.39. The van der Waals surface area contributed by atoms with Gasteiger partial charge in [-0.05, 0) is 12.8 Å². The van der Waals surface area contributed by atoms with E-state index in [1.165, 1.54) is 11.8 Å². The van der Waals surface area contributed by atoms with Gasteiger partial charge in [0, 0.05) is 13.5 Å². The summed E-state index contributed by atoms with van der Waals surface area (Å²) in [6.07, 6.45) is 4.73. The molecule has 0 aromatic rings. The van der Waals surface area contributed by atoms with Crippen LogP contribution in [0.25, 0.3) is 0 Å². The van der Waals surface area contributed by atoms with E-state index in [2.05, 4.69) is 10.3 Å². The van der Waals surface area contributed by atoms with E-state index in [9.17, 15) is 10.2 Å². The molecule has 4 atom stereocenters. The Hall–Kier alpha value is -0.560. The van der Waals surface area contributed by atoms with Crippen LogP contribution in [0, 0.1) is 0 Å². The van der Waals surface area contributed by atoms with Crippen LogP contribution in [-0.2, 0) is 4.74 Å². The first-order chi connectivity index (χ1) is 8.62. The van der Waals surface area contributed by atoms with Gasteiger partial charge in [0.15, 0.2) is 5.17 Å². The minimum atomic E-state index is -0.852. The van der Waals surface area contributed by atoms with Gasteiger partial charge in [-0.25, -0.2) is 0 Å². The molecule has 5 nitrogen and oxygen atoms in total. The molecule has 1 fully saturated rings. The molecule has 18 heavy (non-hydrogen) atoms. The van der Waals surface area contributed by atoms with Crippen LogP contribution in [0.2, 0.25) is 0 Å². The zero-order valence-electron chi connectivity index (χ0n) is 10.2. The number of aliphatic hydroxyl groups is 2. The molecule has 0 aromatic carbocycles. The van der Waals surface area contributed by atoms with Crippen LogP contribution in [0.1, 0.15) is 19.3 Å². The van der Waals surface area contributed by atoms with Crippen molar-refractivity contribution in [2.24, 2.45) is 4.99 Å². The second-order valence-corrected chi connectivity index (χ2v) is 6.16. The van der Waals surface area contributed by atoms with Gasteiger partial charge in [0.1, 0.15) is 11.5 Å². The zero-order valence-corrected chi connectivity index (χ0v) is 11.1. The van der Waals surface area contributed by atoms with Crippen LogP contribution in [0.15, 0.2) is 17.1 Å². The monoisotopic (exact) mass is 270 g/mol. The van der Waals surface area contributed by atoms with Gasteiger partial charge in [-0.2, -0.15) is 0 Å². The molecule has 3 N–H and O–H groups in total. The lowest BCUT2D eigenvalue weighted by molar-refractivity contribution is -0.157. The molecule has 0 amide bonds. The van der Waals surface area contributed by atoms with Gasteiger partial charge in [0.25, 0.3) is 0 Å². The van der Waals surface area contributed by atoms with Crippen molar-refractivity contribution in [2.45, 2.75) is 48.5 Å². The van der Waals surface area contributed by atoms with E-state index in [1.54, 1.807) is 7.05 Å². The van der Waals surface area contributed by atoms with Gasteiger partial charge in [0.05, 0.1) is 17.8 Å². The standard InChI is InChI=1S/C12H18N2O3S/c1-13-11-14-9-7(15)6-8(17-10(9)18-11)12(16)4-2-3-5-12/h2-3,7-10,15-16H,4-6H2,1H3,(H,13,14)/t7-,8-,9+,10+/m0/s1. The van der Waals surface area contributed by atoms with Gasteiger partial charge in [-0.15, -0.1) is 0 Å². The number of ether oxygens (including phenoxy) is 1. The molecule has 2 heterocycles. The average Bonchev–Trinajstić information content (AvgIpc) is 2.96. The van der Waals surface area contributed by atoms with Crippen molar-refractivity contribution in [3.05, 3.63) is 12.2 Å². The summed E-state index contributed by atoms with van der Waals surface area (Å²) in [7, 11) is 1.81. The molecule has 3 aliphatic rings. The molecule has 2 aliphatic heterocycles. The van der Waals surface area contributed by atoms with Crippen molar-refractivity contribution in [2.75, 3.05) is 7.05 Å². The number of aliphatic hydroxyl groups excluding tert-OH is 1. The molecule has 6 heteroatoms. The van der Waals surface area contributed by atoms with E-state index in [4.69, 9.17) is 4.74 Å². The SMILES string of the molecule is CNC1=N[C@H]2[C@H](O[C@H](C3(O)CC=CC3)C[C@@H]2O)S1. The topological polar surface area (TPSA) is 74.1 Å². The van der Waals surface area contributed by atoms with Crippen LogP contribution < -0.4 is 5.32 Å². The predicted octanol–water partition coefficient (Wildman–Crippen LogP) is 0.234. The summed E-state index contributed by atoms with van der Waals surface area (Å²) >= 11 is 1.48. The lowest BCUT2D eigenvalue weighted by Crippen LogP contribution is -2.53. The maximum absolute atomic E-state index is 10.5. The number of amidine groups is 1. The first-order valence-electron chi connectivity index (χ1n) is 6.25. The summed E-state index contributed by atoms with van der Waals surface area (Å²) in [5, 5.41) is 24.5. The molecular weight excluding hydrogens is 252 g/mol. The number of thioether (sulfide) groups is 1. The van der Waals surface area contributed by atoms with Gasteiger partial charge in [-0.3, -0.25) is 4.99 Å². The largest absolute Gasteiger partial charge is 0.391 e. The minimum Gasteiger partial charge on any atom is -0.391 e. The molecule has 1 aliphatic carbocycles. The van der Waals surface area contributed by atoms with Crippen LogP contribution in [0.3, 0.4) is 0 Å². The number of aliphatic imine (C=N–C) groups is 1. The number of hydrogen-bond donors (Lipinski definition) is 3. The van der Waals surface area contributed by atoms with Gasteiger partial charge >= 0.3 is 0 Å². The number of nitrogens with one attached hydrogen (secondary N) is 1. The maximum atomic E-state index is 10.5. The summed E-state index contributed by atoms with van der Waals surface area (Å²) in [5.41, 5.74) is -1.04. The summed E-state index contributed by atoms with van der Waals surface area (Å²) in [5.74, 6) is 0. The molecule has 0 spiro atoms. The molecular formula is C12H18N2O3S. The summed E-state index contributed by atoms with van der Waals surface area (Å²) < 4.78 is 5.96. The smallest absolute Gasteiger partial charge is 0.159 e. The molecule has 0 aromatic heterocycles. The van der Waals surface area contributed by atoms with Crippen molar-refractivity contribution in [3.63, 3.8) is 0 Å². The summed E-state index contributed by atoms with van der Waals surface area (Å²) in [6, 6.07) is -0.216. The first-order valence-corrected chi connectivity index (χ1v) is 7.13. The van der Waals surface area contributed by atoms with Crippen molar-refractivity contribution < 1.29 is 14.9 Å². The third kappa shape index (κ3) is 1.97. The normalized spacial score (nSPS) is 41.6. The Morgan fingerprint density at radius 1 is 1.50 bits per heavy atom. The van der Waals surface area contributed by atoms with E-state index in [-0.39, 0.29) is 17.6 Å². The number of rotatable bonds is 1. The van der Waals surface area contributed by atoms with Crippen LogP contribution in [-0.4, -0.2) is 51.7 Å². The maximum Gasteiger partial charge on any atom is 0.159 e. The molecule has 100 valence electrons. The van der Waals surface area contributed by atoms with Crippen molar-refractivity contribution in [1.29, 1.82) is 0 Å². The van der Waals surface area contributed by atoms with Crippen LogP contribution in [0.4, 0.5) is 0 Å². The van der Waals surface area contributed by atoms with E-state index in [0.717, 1.165) is 5.17 Å². The van der Waals surface area contributed by atoms with Crippen LogP contribution >= 0.6 is 11.8 Å². The third-order valence-electron chi connectivity index (χ3n) is 3.84. The van der Waals surface area contributed by atoms with Crippen molar-refractivity contribution in [3.8, 4) is 0 Å². The van der Waals surface area contributed by atoms with Gasteiger partial charge in [-0.1, -0.05) is 23.9 Å². The fourth-order valence-corrected chi connectivity index (χ4v) is 3.84. The molecule has 1 saturated heterocycles. The predicted molar refractivity (Wildman–Crippen MR) is 70.5 cm³/mol. The molecule has 0 unspecified atom stereocenters. The highest BCUT2D eigenvalue weighted by atomic mass is 32.2. The molecule has 0 radical (unpaired) electrons. The lowest BCUT2D eigenvalue weighted by atomic mass is 9.87. The minimum absolute atomic E-state index is 0.189. The average molecular weight is 270 g/mol. The number of hydrogen-bond acceptors (Lipinski definition) is 6. The summed E-state index contributed by atoms with van der Waals surface area (Å²) in [6.45, 7) is 0. The Kier molecular flexibility index (Phi) is 3.13. The van der Waals surface area contributed by atoms with E-state index < -0.39 is 11.7 Å². The Labute approximate surface area is 110 Å². The Morgan fingerprint density at radius 2 is 2.22 bits per heavy atom. The highest BCUT2D eigenvalue weighted by Gasteiger charge is 2.49. The lowest BCUT2D eigenvalue weighted by Gasteiger charge is -2.41. The fraction of sp³-hybridized carbons (Fsp3) is 0.750. The molecule has 3 rings (SSSR count). The highest BCUT2D eigenvalue weighted by Crippen LogP contribution is 2.41. The fourth-order valence-electron chi connectivity index (χ4n) is 2.75. The van der Waals surface area contributed by atoms with E-state index >= 15 is 0 Å². The van der Waals surface area contributed by atoms with Gasteiger partial charge < -0.3 is 20.3 Å². The van der Waals surface area contributed by atoms with Crippen molar-refractivity contribution >= 4 is 16.9 Å². The zero-order chi connectivity index (χ0) is 12.8. The third-order valence-corrected chi connectivity index (χ3v) is 5.00. The molecule has 0 bridgehead atoms. The Balaban J connectivity index is 1.73. The highest BCUT2D eigenvalue weighted by molar-refractivity contribution is 8.14. The van der Waals surface area contributed by atoms with Crippen LogP contribution in [0.5, 0.6) is 0 Å². The second kappa shape index (κ2) is 4.52. The quantitative estimate of drug-likeness (QED) is 0.595. The second-order valence-electron chi connectivity index (χ2n) is 5.07. The van der Waals surface area contributed by atoms with Crippen molar-refractivity contribution in [1.82, 2.24) is 5.32 Å².